The van der Waals surface area contributed by atoms with Crippen LogP contribution in [0.1, 0.15) is 25.5 Å². The normalized spacial score (nSPS) is 12.0. The maximum atomic E-state index is 11.2. The van der Waals surface area contributed by atoms with Gasteiger partial charge in [-0.1, -0.05) is 18.2 Å². The third-order valence-electron chi connectivity index (χ3n) is 3.56. The summed E-state index contributed by atoms with van der Waals surface area (Å²) in [5.74, 6) is 0.633. The molecule has 1 aromatic heterocycles. The van der Waals surface area contributed by atoms with Crippen molar-refractivity contribution in [3.63, 3.8) is 0 Å². The summed E-state index contributed by atoms with van der Waals surface area (Å²) in [6.45, 7) is 3.48. The van der Waals surface area contributed by atoms with E-state index >= 15 is 0 Å². The van der Waals surface area contributed by atoms with Gasteiger partial charge in [-0.15, -0.1) is 0 Å². The predicted octanol–water partition coefficient (Wildman–Crippen LogP) is 4.38. The summed E-state index contributed by atoms with van der Waals surface area (Å²) in [4.78, 5) is 19.4. The van der Waals surface area contributed by atoms with Gasteiger partial charge in [0.1, 0.15) is 5.75 Å². The van der Waals surface area contributed by atoms with Crippen molar-refractivity contribution >= 4 is 32.6 Å². The molecule has 0 bridgehead atoms. The lowest BCUT2D eigenvalue weighted by Crippen LogP contribution is -2.23. The third-order valence-corrected chi connectivity index (χ3v) is 3.97. The molecule has 0 aliphatic heterocycles. The fraction of sp³-hybridized carbons (Fsp3) is 0.167. The number of hydrogen-bond donors (Lipinski definition) is 1. The zero-order valence-electron chi connectivity index (χ0n) is 13.3. The minimum Gasteiger partial charge on any atom is -0.424 e. The zero-order chi connectivity index (χ0) is 17.1. The van der Waals surface area contributed by atoms with Crippen LogP contribution in [0, 0.1) is 0 Å². The van der Waals surface area contributed by atoms with Crippen molar-refractivity contribution < 1.29 is 9.53 Å². The molecule has 6 heteroatoms. The van der Waals surface area contributed by atoms with Crippen molar-refractivity contribution in [1.29, 1.82) is 0 Å². The number of fused-ring (bicyclic) bond motifs is 1. The van der Waals surface area contributed by atoms with Gasteiger partial charge in [-0.3, -0.25) is 4.79 Å². The van der Waals surface area contributed by atoms with Crippen LogP contribution in [0.5, 0.6) is 11.8 Å². The van der Waals surface area contributed by atoms with E-state index in [1.165, 1.54) is 6.92 Å². The Bertz CT molecular complexity index is 881. The van der Waals surface area contributed by atoms with Crippen molar-refractivity contribution in [2.75, 3.05) is 0 Å². The largest absolute Gasteiger partial charge is 0.424 e. The second-order valence-electron chi connectivity index (χ2n) is 5.48. The Labute approximate surface area is 148 Å². The standard InChI is InChI=1S/C18H16BrN3O2/c1-11(22-12(2)23)13-3-4-15-8-17(6-5-14(15)7-13)24-18-20-9-16(19)10-21-18/h3-11H,1-2H3,(H,22,23). The van der Waals surface area contributed by atoms with E-state index in [-0.39, 0.29) is 11.9 Å². The molecule has 3 aromatic rings. The van der Waals surface area contributed by atoms with Gasteiger partial charge >= 0.3 is 6.01 Å². The highest BCUT2D eigenvalue weighted by molar-refractivity contribution is 9.10. The summed E-state index contributed by atoms with van der Waals surface area (Å²) < 4.78 is 6.47. The van der Waals surface area contributed by atoms with Crippen molar-refractivity contribution in [1.82, 2.24) is 15.3 Å². The molecular formula is C18H16BrN3O2. The van der Waals surface area contributed by atoms with E-state index in [0.29, 0.717) is 11.8 Å². The molecule has 0 saturated carbocycles. The molecule has 122 valence electrons. The Balaban J connectivity index is 1.84. The second kappa shape index (κ2) is 6.97. The molecule has 1 heterocycles. The Hall–Kier alpha value is -2.47. The number of aromatic nitrogens is 2. The SMILES string of the molecule is CC(=O)NC(C)c1ccc2cc(Oc3ncc(Br)cn3)ccc2c1. The molecule has 3 rings (SSSR count). The van der Waals surface area contributed by atoms with Crippen molar-refractivity contribution in [2.24, 2.45) is 0 Å². The predicted molar refractivity (Wildman–Crippen MR) is 96.0 cm³/mol. The summed E-state index contributed by atoms with van der Waals surface area (Å²) in [7, 11) is 0. The van der Waals surface area contributed by atoms with Gasteiger partial charge in [0.05, 0.1) is 10.5 Å². The number of carbonyl (C=O) groups excluding carboxylic acids is 1. The molecule has 0 aliphatic rings. The summed E-state index contributed by atoms with van der Waals surface area (Å²) >= 11 is 3.29. The monoisotopic (exact) mass is 385 g/mol. The third kappa shape index (κ3) is 3.89. The van der Waals surface area contributed by atoms with Crippen LogP contribution in [-0.2, 0) is 4.79 Å². The summed E-state index contributed by atoms with van der Waals surface area (Å²) in [5.41, 5.74) is 1.06. The van der Waals surface area contributed by atoms with Crippen LogP contribution in [0.15, 0.2) is 53.3 Å². The number of ether oxygens (including phenoxy) is 1. The fourth-order valence-electron chi connectivity index (χ4n) is 2.42. The number of hydrogen-bond acceptors (Lipinski definition) is 4. The van der Waals surface area contributed by atoms with Gasteiger partial charge in [-0.2, -0.15) is 0 Å². The van der Waals surface area contributed by atoms with E-state index in [0.717, 1.165) is 20.8 Å². The molecule has 1 unspecified atom stereocenters. The van der Waals surface area contributed by atoms with Crippen molar-refractivity contribution in [3.05, 3.63) is 58.8 Å². The van der Waals surface area contributed by atoms with Gasteiger partial charge in [0, 0.05) is 19.3 Å². The van der Waals surface area contributed by atoms with Gasteiger partial charge in [-0.25, -0.2) is 9.97 Å². The lowest BCUT2D eigenvalue weighted by atomic mass is 10.0. The number of amides is 1. The first-order valence-corrected chi connectivity index (χ1v) is 8.27. The first-order valence-electron chi connectivity index (χ1n) is 7.47. The average molecular weight is 386 g/mol. The number of nitrogens with one attached hydrogen (secondary N) is 1. The molecule has 0 fully saturated rings. The number of nitrogens with zero attached hydrogens (tertiary/aromatic N) is 2. The van der Waals surface area contributed by atoms with Crippen molar-refractivity contribution in [2.45, 2.75) is 19.9 Å². The highest BCUT2D eigenvalue weighted by Crippen LogP contribution is 2.26. The van der Waals surface area contributed by atoms with E-state index in [9.17, 15) is 4.79 Å². The Kier molecular flexibility index (Phi) is 4.76. The van der Waals surface area contributed by atoms with Gasteiger partial charge in [0.15, 0.2) is 0 Å². The lowest BCUT2D eigenvalue weighted by molar-refractivity contribution is -0.119. The fourth-order valence-corrected chi connectivity index (χ4v) is 2.63. The Morgan fingerprint density at radius 2 is 1.79 bits per heavy atom. The molecule has 0 saturated heterocycles. The number of halogens is 1. The van der Waals surface area contributed by atoms with E-state index in [4.69, 9.17) is 4.74 Å². The van der Waals surface area contributed by atoms with Gasteiger partial charge in [0.25, 0.3) is 0 Å². The van der Waals surface area contributed by atoms with Crippen LogP contribution in [-0.4, -0.2) is 15.9 Å². The number of benzene rings is 2. The number of rotatable bonds is 4. The first kappa shape index (κ1) is 16.4. The summed E-state index contributed by atoms with van der Waals surface area (Å²) in [6, 6.07) is 12.1. The smallest absolute Gasteiger partial charge is 0.321 e. The van der Waals surface area contributed by atoms with Crippen molar-refractivity contribution in [3.8, 4) is 11.8 Å². The van der Waals surface area contributed by atoms with Crippen LogP contribution in [0.3, 0.4) is 0 Å². The maximum Gasteiger partial charge on any atom is 0.321 e. The van der Waals surface area contributed by atoms with Gasteiger partial charge < -0.3 is 10.1 Å². The average Bonchev–Trinajstić information content (AvgIpc) is 2.56. The van der Waals surface area contributed by atoms with Crippen LogP contribution < -0.4 is 10.1 Å². The molecule has 2 aromatic carbocycles. The molecular weight excluding hydrogens is 370 g/mol. The zero-order valence-corrected chi connectivity index (χ0v) is 14.9. The maximum absolute atomic E-state index is 11.2. The molecule has 1 amide bonds. The lowest BCUT2D eigenvalue weighted by Gasteiger charge is -2.14. The molecule has 5 nitrogen and oxygen atoms in total. The Morgan fingerprint density at radius 1 is 1.12 bits per heavy atom. The van der Waals surface area contributed by atoms with Gasteiger partial charge in [-0.05, 0) is 57.4 Å². The molecule has 0 aliphatic carbocycles. The molecule has 0 spiro atoms. The summed E-state index contributed by atoms with van der Waals surface area (Å²) in [6.07, 6.45) is 3.28. The molecule has 1 atom stereocenters. The van der Waals surface area contributed by atoms with Gasteiger partial charge in [0.2, 0.25) is 5.91 Å². The van der Waals surface area contributed by atoms with E-state index in [2.05, 4.69) is 37.3 Å². The van der Waals surface area contributed by atoms with E-state index in [1.54, 1.807) is 12.4 Å². The highest BCUT2D eigenvalue weighted by Gasteiger charge is 2.08. The Morgan fingerprint density at radius 3 is 2.50 bits per heavy atom. The molecule has 24 heavy (non-hydrogen) atoms. The minimum absolute atomic E-state index is 0.0287. The topological polar surface area (TPSA) is 64.1 Å². The van der Waals surface area contributed by atoms with E-state index < -0.39 is 0 Å². The number of carbonyl (C=O) groups is 1. The van der Waals surface area contributed by atoms with Crippen LogP contribution in [0.4, 0.5) is 0 Å². The van der Waals surface area contributed by atoms with Crippen LogP contribution in [0.2, 0.25) is 0 Å². The van der Waals surface area contributed by atoms with Crippen LogP contribution >= 0.6 is 15.9 Å². The second-order valence-corrected chi connectivity index (χ2v) is 6.39. The quantitative estimate of drug-likeness (QED) is 0.723. The molecule has 1 N–H and O–H groups in total. The highest BCUT2D eigenvalue weighted by atomic mass is 79.9. The first-order chi connectivity index (χ1) is 11.5. The van der Waals surface area contributed by atoms with E-state index in [1.807, 2.05) is 37.3 Å². The molecule has 0 radical (unpaired) electrons. The minimum atomic E-state index is -0.0409. The summed E-state index contributed by atoms with van der Waals surface area (Å²) in [5, 5.41) is 5.01. The van der Waals surface area contributed by atoms with Crippen LogP contribution in [0.25, 0.3) is 10.8 Å².